The summed E-state index contributed by atoms with van der Waals surface area (Å²) in [6, 6.07) is 0. The van der Waals surface area contributed by atoms with E-state index in [1.165, 1.54) is 19.3 Å². The molecule has 2 unspecified atom stereocenters. The Hall–Kier alpha value is 0.200. The Morgan fingerprint density at radius 2 is 2.38 bits per heavy atom. The van der Waals surface area contributed by atoms with Crippen LogP contribution >= 0.6 is 22.9 Å². The molecular formula is C10H18INO. The van der Waals surface area contributed by atoms with Gasteiger partial charge in [-0.2, -0.15) is 0 Å². The summed E-state index contributed by atoms with van der Waals surface area (Å²) in [7, 11) is 0. The van der Waals surface area contributed by atoms with Gasteiger partial charge in [0.1, 0.15) is 0 Å². The molecule has 2 nitrogen and oxygen atoms in total. The minimum absolute atomic E-state index is 0.297. The van der Waals surface area contributed by atoms with Crippen LogP contribution in [0.1, 0.15) is 39.5 Å². The first-order valence-electron chi connectivity index (χ1n) is 5.14. The van der Waals surface area contributed by atoms with Crippen molar-refractivity contribution < 1.29 is 4.79 Å². The fourth-order valence-electron chi connectivity index (χ4n) is 2.05. The minimum Gasteiger partial charge on any atom is -0.285 e. The van der Waals surface area contributed by atoms with Crippen LogP contribution in [0.25, 0.3) is 0 Å². The molecule has 1 aliphatic rings. The molecule has 3 heteroatoms. The molecule has 0 aromatic carbocycles. The smallest absolute Gasteiger partial charge is 0.234 e. The average Bonchev–Trinajstić information content (AvgIpc) is 2.10. The van der Waals surface area contributed by atoms with Crippen molar-refractivity contribution in [2.24, 2.45) is 11.8 Å². The number of nitrogens with zero attached hydrogens (tertiary/aromatic N) is 1. The minimum atomic E-state index is 0.297. The van der Waals surface area contributed by atoms with Crippen molar-refractivity contribution in [2.75, 3.05) is 6.54 Å². The predicted molar refractivity (Wildman–Crippen MR) is 62.5 cm³/mol. The van der Waals surface area contributed by atoms with Crippen LogP contribution < -0.4 is 0 Å². The van der Waals surface area contributed by atoms with Gasteiger partial charge in [-0.25, -0.2) is 0 Å². The van der Waals surface area contributed by atoms with E-state index in [-0.39, 0.29) is 0 Å². The lowest BCUT2D eigenvalue weighted by Crippen LogP contribution is -2.37. The zero-order chi connectivity index (χ0) is 9.84. The fraction of sp³-hybridized carbons (Fsp3) is 0.900. The lowest BCUT2D eigenvalue weighted by molar-refractivity contribution is -0.133. The zero-order valence-electron chi connectivity index (χ0n) is 8.42. The molecule has 0 N–H and O–H groups in total. The SMILES string of the molecule is CCCC(C)C1CCCN(I)C1=O. The number of rotatable bonds is 3. The first kappa shape index (κ1) is 11.3. The lowest BCUT2D eigenvalue weighted by atomic mass is 9.84. The molecule has 1 saturated heterocycles. The number of hydrogen-bond acceptors (Lipinski definition) is 1. The maximum absolute atomic E-state index is 11.8. The van der Waals surface area contributed by atoms with Crippen molar-refractivity contribution in [2.45, 2.75) is 39.5 Å². The molecule has 76 valence electrons. The third kappa shape index (κ3) is 2.82. The van der Waals surface area contributed by atoms with Gasteiger partial charge in [0.05, 0.1) is 22.9 Å². The van der Waals surface area contributed by atoms with Gasteiger partial charge in [0.2, 0.25) is 5.91 Å². The van der Waals surface area contributed by atoms with Crippen LogP contribution in [0.3, 0.4) is 0 Å². The molecule has 0 aromatic heterocycles. The molecule has 1 amide bonds. The van der Waals surface area contributed by atoms with Crippen LogP contribution in [0.4, 0.5) is 0 Å². The second kappa shape index (κ2) is 5.17. The van der Waals surface area contributed by atoms with Crippen molar-refractivity contribution in [1.29, 1.82) is 0 Å². The van der Waals surface area contributed by atoms with Gasteiger partial charge in [-0.1, -0.05) is 26.7 Å². The number of hydrogen-bond donors (Lipinski definition) is 0. The summed E-state index contributed by atoms with van der Waals surface area (Å²) in [5, 5.41) is 0. The van der Waals surface area contributed by atoms with Gasteiger partial charge in [-0.05, 0) is 18.8 Å². The third-order valence-corrected chi connectivity index (χ3v) is 3.81. The van der Waals surface area contributed by atoms with E-state index in [0.717, 1.165) is 13.0 Å². The molecule has 0 aromatic rings. The molecule has 0 spiro atoms. The Morgan fingerprint density at radius 3 is 3.00 bits per heavy atom. The van der Waals surface area contributed by atoms with Crippen molar-refractivity contribution in [3.63, 3.8) is 0 Å². The number of halogens is 1. The molecule has 2 atom stereocenters. The summed E-state index contributed by atoms with van der Waals surface area (Å²) in [5.74, 6) is 1.22. The van der Waals surface area contributed by atoms with Crippen LogP contribution in [-0.4, -0.2) is 15.6 Å². The van der Waals surface area contributed by atoms with E-state index in [1.54, 1.807) is 0 Å². The highest BCUT2D eigenvalue weighted by Crippen LogP contribution is 2.29. The average molecular weight is 295 g/mol. The lowest BCUT2D eigenvalue weighted by Gasteiger charge is -2.31. The van der Waals surface area contributed by atoms with Gasteiger partial charge in [-0.15, -0.1) is 0 Å². The van der Waals surface area contributed by atoms with Crippen molar-refractivity contribution >= 4 is 28.8 Å². The van der Waals surface area contributed by atoms with Crippen LogP contribution in [0.15, 0.2) is 0 Å². The summed E-state index contributed by atoms with van der Waals surface area (Å²) in [4.78, 5) is 11.8. The zero-order valence-corrected chi connectivity index (χ0v) is 10.6. The Balaban J connectivity index is 2.52. The van der Waals surface area contributed by atoms with E-state index >= 15 is 0 Å². The molecular weight excluding hydrogens is 277 g/mol. The summed E-state index contributed by atoms with van der Waals surface area (Å²) < 4.78 is 1.86. The number of piperidine rings is 1. The maximum atomic E-state index is 11.8. The van der Waals surface area contributed by atoms with Crippen molar-refractivity contribution in [3.8, 4) is 0 Å². The van der Waals surface area contributed by atoms with Crippen LogP contribution in [0.5, 0.6) is 0 Å². The van der Waals surface area contributed by atoms with Crippen LogP contribution in [-0.2, 0) is 4.79 Å². The monoisotopic (exact) mass is 295 g/mol. The first-order chi connectivity index (χ1) is 6.16. The molecule has 13 heavy (non-hydrogen) atoms. The van der Waals surface area contributed by atoms with E-state index in [9.17, 15) is 4.79 Å². The van der Waals surface area contributed by atoms with E-state index in [0.29, 0.717) is 17.7 Å². The summed E-state index contributed by atoms with van der Waals surface area (Å²) in [6.07, 6.45) is 4.64. The number of amides is 1. The molecule has 1 rings (SSSR count). The Morgan fingerprint density at radius 1 is 1.69 bits per heavy atom. The largest absolute Gasteiger partial charge is 0.285 e. The van der Waals surface area contributed by atoms with Gasteiger partial charge < -0.3 is 0 Å². The topological polar surface area (TPSA) is 20.3 Å². The van der Waals surface area contributed by atoms with Gasteiger partial charge in [0, 0.05) is 12.5 Å². The van der Waals surface area contributed by atoms with E-state index in [4.69, 9.17) is 0 Å². The predicted octanol–water partition coefficient (Wildman–Crippen LogP) is 3.01. The maximum Gasteiger partial charge on any atom is 0.234 e. The summed E-state index contributed by atoms with van der Waals surface area (Å²) in [6.45, 7) is 5.34. The molecule has 1 heterocycles. The normalized spacial score (nSPS) is 26.2. The van der Waals surface area contributed by atoms with E-state index in [1.807, 2.05) is 3.11 Å². The van der Waals surface area contributed by atoms with E-state index in [2.05, 4.69) is 36.7 Å². The van der Waals surface area contributed by atoms with Crippen molar-refractivity contribution in [1.82, 2.24) is 3.11 Å². The van der Waals surface area contributed by atoms with Gasteiger partial charge in [0.25, 0.3) is 0 Å². The Labute approximate surface area is 94.6 Å². The van der Waals surface area contributed by atoms with E-state index < -0.39 is 0 Å². The number of carbonyl (C=O) groups is 1. The second-order valence-electron chi connectivity index (χ2n) is 3.94. The molecule has 0 radical (unpaired) electrons. The Bertz CT molecular complexity index is 184. The molecule has 0 aliphatic carbocycles. The quantitative estimate of drug-likeness (QED) is 0.579. The highest BCUT2D eigenvalue weighted by Gasteiger charge is 2.30. The van der Waals surface area contributed by atoms with Crippen LogP contribution in [0.2, 0.25) is 0 Å². The van der Waals surface area contributed by atoms with Gasteiger partial charge >= 0.3 is 0 Å². The highest BCUT2D eigenvalue weighted by atomic mass is 127. The highest BCUT2D eigenvalue weighted by molar-refractivity contribution is 14.1. The molecule has 1 aliphatic heterocycles. The van der Waals surface area contributed by atoms with Gasteiger partial charge in [-0.3, -0.25) is 7.91 Å². The second-order valence-corrected chi connectivity index (χ2v) is 5.10. The Kier molecular flexibility index (Phi) is 4.49. The first-order valence-corrected chi connectivity index (χ1v) is 6.10. The third-order valence-electron chi connectivity index (χ3n) is 2.86. The molecule has 0 bridgehead atoms. The molecule has 1 fully saturated rings. The van der Waals surface area contributed by atoms with Crippen molar-refractivity contribution in [3.05, 3.63) is 0 Å². The fourth-order valence-corrected chi connectivity index (χ4v) is 2.75. The standard InChI is InChI=1S/C10H18INO/c1-3-5-8(2)9-6-4-7-12(11)10(9)13/h8-9H,3-7H2,1-2H3. The molecule has 0 saturated carbocycles. The number of carbonyl (C=O) groups excluding carboxylic acids is 1. The van der Waals surface area contributed by atoms with Crippen LogP contribution in [0, 0.1) is 11.8 Å². The van der Waals surface area contributed by atoms with Gasteiger partial charge in [0.15, 0.2) is 0 Å². The summed E-state index contributed by atoms with van der Waals surface area (Å²) in [5.41, 5.74) is 0. The summed E-state index contributed by atoms with van der Waals surface area (Å²) >= 11 is 2.14.